The van der Waals surface area contributed by atoms with Crippen LogP contribution in [0.5, 0.6) is 5.75 Å². The maximum Gasteiger partial charge on any atom is 0.121 e. The van der Waals surface area contributed by atoms with E-state index in [1.165, 1.54) is 30.3 Å². The average Bonchev–Trinajstić information content (AvgIpc) is 2.87. The van der Waals surface area contributed by atoms with E-state index >= 15 is 0 Å². The molecule has 0 saturated heterocycles. The Kier molecular flexibility index (Phi) is 7.47. The zero-order chi connectivity index (χ0) is 28.6. The van der Waals surface area contributed by atoms with Crippen molar-refractivity contribution in [1.82, 2.24) is 5.32 Å². The lowest BCUT2D eigenvalue weighted by Crippen LogP contribution is -2.22. The van der Waals surface area contributed by atoms with Crippen LogP contribution in [-0.2, 0) is 17.7 Å². The number of rotatable bonds is 16. The van der Waals surface area contributed by atoms with E-state index in [0.717, 1.165) is 12.8 Å². The molecule has 1 unspecified atom stereocenters. The van der Waals surface area contributed by atoms with Crippen LogP contribution in [0.15, 0.2) is 48.5 Å². The number of hydrogen-bond acceptors (Lipinski definition) is 5. The standard InChI is InChI=1S/C25H37NO4/c27-20-23-18-22(13-14-24(23)28)25(29)19-26-15-7-1-2-8-16-30-17-9-6-12-21-10-4-3-5-11-21/h3-5,10-11,13-14,18,25-29H,1-2,6-9,12,15-17,19-20H2/i6D2,9D2,12D2,17D2. The first-order valence-electron chi connectivity index (χ1n) is 14.2. The number of hydrogen-bond donors (Lipinski definition) is 4. The van der Waals surface area contributed by atoms with Crippen LogP contribution in [0, 0.1) is 0 Å². The highest BCUT2D eigenvalue weighted by molar-refractivity contribution is 5.36. The molecule has 0 fully saturated rings. The summed E-state index contributed by atoms with van der Waals surface area (Å²) < 4.78 is 70.4. The topological polar surface area (TPSA) is 82.0 Å². The van der Waals surface area contributed by atoms with Gasteiger partial charge in [-0.3, -0.25) is 0 Å². The van der Waals surface area contributed by atoms with Gasteiger partial charge in [0.05, 0.1) is 15.5 Å². The number of unbranched alkanes of at least 4 members (excludes halogenated alkanes) is 3. The summed E-state index contributed by atoms with van der Waals surface area (Å²) in [6.45, 7) is -2.66. The third-order valence-corrected chi connectivity index (χ3v) is 4.51. The van der Waals surface area contributed by atoms with Crippen molar-refractivity contribution in [1.29, 1.82) is 0 Å². The second-order valence-electron chi connectivity index (χ2n) is 6.87. The molecule has 2 aromatic carbocycles. The fraction of sp³-hybridized carbons (Fsp3) is 0.520. The minimum atomic E-state index is -3.29. The first-order chi connectivity index (χ1) is 17.7. The smallest absolute Gasteiger partial charge is 0.121 e. The summed E-state index contributed by atoms with van der Waals surface area (Å²) in [5.74, 6) is -0.0311. The Morgan fingerprint density at radius 2 is 1.80 bits per heavy atom. The number of aromatic hydroxyl groups is 1. The summed E-state index contributed by atoms with van der Waals surface area (Å²) >= 11 is 0. The molecular weight excluding hydrogens is 378 g/mol. The number of aliphatic hydroxyl groups is 2. The second kappa shape index (κ2) is 15.0. The monoisotopic (exact) mass is 423 g/mol. The molecule has 0 spiro atoms. The third-order valence-electron chi connectivity index (χ3n) is 4.51. The van der Waals surface area contributed by atoms with Gasteiger partial charge in [0.1, 0.15) is 5.75 Å². The molecule has 4 N–H and O–H groups in total. The van der Waals surface area contributed by atoms with E-state index in [0.29, 0.717) is 30.5 Å². The van der Waals surface area contributed by atoms with Crippen LogP contribution >= 0.6 is 0 Å². The molecule has 5 heteroatoms. The first-order valence-corrected chi connectivity index (χ1v) is 10.2. The highest BCUT2D eigenvalue weighted by Gasteiger charge is 2.09. The molecule has 0 bridgehead atoms. The van der Waals surface area contributed by atoms with Crippen molar-refractivity contribution in [3.05, 3.63) is 65.2 Å². The number of benzene rings is 2. The maximum atomic E-state index is 10.3. The van der Waals surface area contributed by atoms with Gasteiger partial charge in [0.25, 0.3) is 0 Å². The molecule has 0 aromatic heterocycles. The van der Waals surface area contributed by atoms with Crippen LogP contribution in [0.1, 0.15) is 72.2 Å². The van der Waals surface area contributed by atoms with Gasteiger partial charge in [0.2, 0.25) is 0 Å². The first kappa shape index (κ1) is 15.0. The third kappa shape index (κ3) is 9.72. The summed E-state index contributed by atoms with van der Waals surface area (Å²) in [6, 6.07) is 11.9. The summed E-state index contributed by atoms with van der Waals surface area (Å²) in [7, 11) is 0. The van der Waals surface area contributed by atoms with Gasteiger partial charge in [-0.25, -0.2) is 0 Å². The lowest BCUT2D eigenvalue weighted by molar-refractivity contribution is 0.126. The Bertz CT molecular complexity index is 1010. The number of phenols is 1. The normalized spacial score (nSPS) is 18.1. The molecular formula is C25H37NO4. The summed E-state index contributed by atoms with van der Waals surface area (Å²) in [4.78, 5) is 0. The molecule has 166 valence electrons. The van der Waals surface area contributed by atoms with Crippen molar-refractivity contribution < 1.29 is 31.0 Å². The van der Waals surface area contributed by atoms with E-state index < -0.39 is 31.8 Å². The number of ether oxygens (including phenoxy) is 1. The van der Waals surface area contributed by atoms with Gasteiger partial charge in [-0.15, -0.1) is 0 Å². The van der Waals surface area contributed by atoms with Crippen LogP contribution in [0.3, 0.4) is 0 Å². The van der Waals surface area contributed by atoms with Crippen LogP contribution < -0.4 is 5.32 Å². The number of aliphatic hydroxyl groups excluding tert-OH is 2. The van der Waals surface area contributed by atoms with Crippen molar-refractivity contribution in [2.75, 3.05) is 26.3 Å². The van der Waals surface area contributed by atoms with Crippen molar-refractivity contribution in [2.45, 2.75) is 57.5 Å². The summed E-state index contributed by atoms with van der Waals surface area (Å²) in [5, 5.41) is 32.2. The minimum absolute atomic E-state index is 0.0311. The van der Waals surface area contributed by atoms with E-state index in [4.69, 9.17) is 15.7 Å². The highest BCUT2D eigenvalue weighted by Crippen LogP contribution is 2.22. The Morgan fingerprint density at radius 3 is 2.60 bits per heavy atom. The van der Waals surface area contributed by atoms with Crippen LogP contribution in [0.25, 0.3) is 0 Å². The highest BCUT2D eigenvalue weighted by atomic mass is 16.5. The maximum absolute atomic E-state index is 10.3. The van der Waals surface area contributed by atoms with E-state index in [9.17, 15) is 15.3 Å². The Morgan fingerprint density at radius 1 is 1.00 bits per heavy atom. The Hall–Kier alpha value is -1.92. The zero-order valence-corrected chi connectivity index (χ0v) is 17.1. The minimum Gasteiger partial charge on any atom is -0.508 e. The van der Waals surface area contributed by atoms with Gasteiger partial charge in [0.15, 0.2) is 0 Å². The fourth-order valence-electron chi connectivity index (χ4n) is 2.81. The molecule has 0 radical (unpaired) electrons. The van der Waals surface area contributed by atoms with Crippen molar-refractivity contribution in [3.63, 3.8) is 0 Å². The summed E-state index contributed by atoms with van der Waals surface area (Å²) in [6.07, 6.45) is -7.56. The molecule has 2 rings (SSSR count). The molecule has 0 amide bonds. The lowest BCUT2D eigenvalue weighted by atomic mass is 10.1. The van der Waals surface area contributed by atoms with Gasteiger partial charge in [0, 0.05) is 33.5 Å². The zero-order valence-electron chi connectivity index (χ0n) is 25.1. The van der Waals surface area contributed by atoms with E-state index in [2.05, 4.69) is 5.32 Å². The van der Waals surface area contributed by atoms with Crippen molar-refractivity contribution >= 4 is 0 Å². The van der Waals surface area contributed by atoms with Gasteiger partial charge < -0.3 is 25.4 Å². The fourth-order valence-corrected chi connectivity index (χ4v) is 2.81. The molecule has 0 aliphatic heterocycles. The lowest BCUT2D eigenvalue weighted by Gasteiger charge is -2.14. The molecule has 0 aliphatic carbocycles. The van der Waals surface area contributed by atoms with Gasteiger partial charge >= 0.3 is 0 Å². The van der Waals surface area contributed by atoms with E-state index in [-0.39, 0.29) is 31.1 Å². The van der Waals surface area contributed by atoms with Gasteiger partial charge in [-0.2, -0.15) is 0 Å². The predicted octanol–water partition coefficient (Wildman–Crippen LogP) is 4.11. The summed E-state index contributed by atoms with van der Waals surface area (Å²) in [5.41, 5.74) is 0.822. The Balaban J connectivity index is 1.73. The van der Waals surface area contributed by atoms with Gasteiger partial charge in [-0.1, -0.05) is 49.2 Å². The molecule has 0 aliphatic rings. The van der Waals surface area contributed by atoms with Crippen LogP contribution in [-0.4, -0.2) is 41.6 Å². The average molecular weight is 424 g/mol. The van der Waals surface area contributed by atoms with Crippen LogP contribution in [0.4, 0.5) is 0 Å². The largest absolute Gasteiger partial charge is 0.508 e. The SMILES string of the molecule is [2H]C([2H])(OCCCCCCNCC(O)c1ccc(O)c(CO)c1)C([2H])([2H])C([2H])([2H])C([2H])([2H])c1ccccc1. The predicted molar refractivity (Wildman–Crippen MR) is 121 cm³/mol. The molecule has 0 saturated carbocycles. The molecule has 1 atom stereocenters. The second-order valence-corrected chi connectivity index (χ2v) is 6.87. The Labute approximate surface area is 192 Å². The van der Waals surface area contributed by atoms with Crippen LogP contribution in [0.2, 0.25) is 0 Å². The molecule has 5 nitrogen and oxygen atoms in total. The number of aryl methyl sites for hydroxylation is 1. The van der Waals surface area contributed by atoms with E-state index in [1.54, 1.807) is 18.2 Å². The van der Waals surface area contributed by atoms with Crippen molar-refractivity contribution in [3.8, 4) is 5.75 Å². The van der Waals surface area contributed by atoms with Crippen molar-refractivity contribution in [2.24, 2.45) is 0 Å². The molecule has 30 heavy (non-hydrogen) atoms. The van der Waals surface area contributed by atoms with E-state index in [1.807, 2.05) is 0 Å². The number of nitrogens with one attached hydrogen (secondary N) is 1. The quantitative estimate of drug-likeness (QED) is 0.306. The molecule has 0 heterocycles. The van der Waals surface area contributed by atoms with Gasteiger partial charge in [-0.05, 0) is 61.8 Å². The molecule has 2 aromatic rings.